The van der Waals surface area contributed by atoms with Gasteiger partial charge in [-0.05, 0) is 45.1 Å². The van der Waals surface area contributed by atoms with Crippen molar-refractivity contribution in [2.45, 2.75) is 25.5 Å². The molecule has 0 bridgehead atoms. The second kappa shape index (κ2) is 8.70. The Morgan fingerprint density at radius 3 is 2.36 bits per heavy atom. The van der Waals surface area contributed by atoms with Crippen molar-refractivity contribution in [2.75, 3.05) is 34.2 Å². The number of rotatable bonds is 7. The maximum atomic E-state index is 13.0. The lowest BCUT2D eigenvalue weighted by Crippen LogP contribution is -2.42. The Kier molecular flexibility index (Phi) is 7.27. The Balaban J connectivity index is 2.57. The number of aliphatic hydroxyl groups is 1. The summed E-state index contributed by atoms with van der Waals surface area (Å²) in [5, 5.41) is 12.1. The topological polar surface area (TPSA) is 55.8 Å². The number of hydrogen-bond donors (Lipinski definition) is 2. The SMILES string of the molecule is CC(O)CCN(C)C(=O)NCC(c1ccc(F)cc1)N(C)C. The van der Waals surface area contributed by atoms with Crippen LogP contribution in [0.4, 0.5) is 9.18 Å². The van der Waals surface area contributed by atoms with E-state index in [1.54, 1.807) is 31.0 Å². The molecule has 0 aromatic heterocycles. The number of nitrogens with zero attached hydrogens (tertiary/aromatic N) is 2. The molecule has 1 aromatic carbocycles. The third-order valence-corrected chi connectivity index (χ3v) is 3.55. The molecule has 5 nitrogen and oxygen atoms in total. The summed E-state index contributed by atoms with van der Waals surface area (Å²) in [7, 11) is 5.52. The van der Waals surface area contributed by atoms with Crippen LogP contribution < -0.4 is 5.32 Å². The van der Waals surface area contributed by atoms with Crippen LogP contribution in [0.5, 0.6) is 0 Å². The molecule has 1 aromatic rings. The molecule has 2 unspecified atom stereocenters. The predicted molar refractivity (Wildman–Crippen MR) is 85.2 cm³/mol. The first-order chi connectivity index (χ1) is 10.3. The van der Waals surface area contributed by atoms with Gasteiger partial charge in [0.2, 0.25) is 0 Å². The summed E-state index contributed by atoms with van der Waals surface area (Å²) in [5.74, 6) is -0.275. The van der Waals surface area contributed by atoms with Crippen LogP contribution >= 0.6 is 0 Å². The molecule has 0 aliphatic carbocycles. The number of halogens is 1. The number of benzene rings is 1. The van der Waals surface area contributed by atoms with Gasteiger partial charge in [-0.2, -0.15) is 0 Å². The van der Waals surface area contributed by atoms with Crippen LogP contribution in [-0.4, -0.2) is 61.3 Å². The van der Waals surface area contributed by atoms with E-state index in [0.717, 1.165) is 5.56 Å². The van der Waals surface area contributed by atoms with Crippen molar-refractivity contribution in [3.8, 4) is 0 Å². The van der Waals surface area contributed by atoms with Crippen LogP contribution in [-0.2, 0) is 0 Å². The monoisotopic (exact) mass is 311 g/mol. The zero-order valence-corrected chi connectivity index (χ0v) is 13.7. The summed E-state index contributed by atoms with van der Waals surface area (Å²) in [6.45, 7) is 2.62. The van der Waals surface area contributed by atoms with E-state index in [2.05, 4.69) is 5.32 Å². The molecule has 0 aliphatic heterocycles. The summed E-state index contributed by atoms with van der Waals surface area (Å²) in [6, 6.07) is 6.07. The van der Waals surface area contributed by atoms with E-state index in [1.807, 2.05) is 19.0 Å². The van der Waals surface area contributed by atoms with E-state index >= 15 is 0 Å². The lowest BCUT2D eigenvalue weighted by atomic mass is 10.1. The quantitative estimate of drug-likeness (QED) is 0.808. The fourth-order valence-corrected chi connectivity index (χ4v) is 2.08. The van der Waals surface area contributed by atoms with Gasteiger partial charge in [0.15, 0.2) is 0 Å². The normalized spacial score (nSPS) is 13.8. The second-order valence-corrected chi connectivity index (χ2v) is 5.78. The third-order valence-electron chi connectivity index (χ3n) is 3.55. The number of hydrogen-bond acceptors (Lipinski definition) is 3. The molecule has 0 spiro atoms. The summed E-state index contributed by atoms with van der Waals surface area (Å²) >= 11 is 0. The van der Waals surface area contributed by atoms with Crippen molar-refractivity contribution in [3.63, 3.8) is 0 Å². The highest BCUT2D eigenvalue weighted by Crippen LogP contribution is 2.17. The Hall–Kier alpha value is -1.66. The van der Waals surface area contributed by atoms with Gasteiger partial charge in [0.25, 0.3) is 0 Å². The largest absolute Gasteiger partial charge is 0.393 e. The van der Waals surface area contributed by atoms with Gasteiger partial charge in [0, 0.05) is 20.1 Å². The Morgan fingerprint density at radius 2 is 1.86 bits per heavy atom. The van der Waals surface area contributed by atoms with Crippen LogP contribution in [0.15, 0.2) is 24.3 Å². The highest BCUT2D eigenvalue weighted by Gasteiger charge is 2.17. The molecule has 2 N–H and O–H groups in total. The van der Waals surface area contributed by atoms with Crippen LogP contribution in [0, 0.1) is 5.82 Å². The van der Waals surface area contributed by atoms with E-state index in [0.29, 0.717) is 19.5 Å². The minimum Gasteiger partial charge on any atom is -0.393 e. The van der Waals surface area contributed by atoms with Gasteiger partial charge in [-0.1, -0.05) is 12.1 Å². The zero-order chi connectivity index (χ0) is 16.7. The highest BCUT2D eigenvalue weighted by molar-refractivity contribution is 5.73. The van der Waals surface area contributed by atoms with E-state index < -0.39 is 6.10 Å². The first-order valence-electron chi connectivity index (χ1n) is 7.40. The molecular formula is C16H26FN3O2. The average molecular weight is 311 g/mol. The van der Waals surface area contributed by atoms with Crippen molar-refractivity contribution in [1.82, 2.24) is 15.1 Å². The molecule has 2 amide bonds. The number of amides is 2. The molecule has 1 rings (SSSR count). The second-order valence-electron chi connectivity index (χ2n) is 5.78. The molecule has 6 heteroatoms. The lowest BCUT2D eigenvalue weighted by Gasteiger charge is -2.26. The molecule has 0 fully saturated rings. The molecule has 0 aliphatic rings. The number of likely N-dealkylation sites (N-methyl/N-ethyl adjacent to an activating group) is 1. The van der Waals surface area contributed by atoms with E-state index in [9.17, 15) is 14.3 Å². The minimum atomic E-state index is -0.427. The fourth-order valence-electron chi connectivity index (χ4n) is 2.08. The Morgan fingerprint density at radius 1 is 1.27 bits per heavy atom. The lowest BCUT2D eigenvalue weighted by molar-refractivity contribution is 0.162. The summed E-state index contributed by atoms with van der Waals surface area (Å²) < 4.78 is 13.0. The van der Waals surface area contributed by atoms with Crippen molar-refractivity contribution in [2.24, 2.45) is 0 Å². The molecule has 2 atom stereocenters. The van der Waals surface area contributed by atoms with Crippen molar-refractivity contribution < 1.29 is 14.3 Å². The van der Waals surface area contributed by atoms with E-state index in [-0.39, 0.29) is 17.9 Å². The van der Waals surface area contributed by atoms with Gasteiger partial charge in [0.05, 0.1) is 12.1 Å². The number of urea groups is 1. The van der Waals surface area contributed by atoms with Gasteiger partial charge in [-0.25, -0.2) is 9.18 Å². The zero-order valence-electron chi connectivity index (χ0n) is 13.7. The van der Waals surface area contributed by atoms with Gasteiger partial charge >= 0.3 is 6.03 Å². The van der Waals surface area contributed by atoms with Gasteiger partial charge < -0.3 is 20.2 Å². The standard InChI is InChI=1S/C16H26FN3O2/c1-12(21)9-10-20(4)16(22)18-11-15(19(2)3)13-5-7-14(17)8-6-13/h5-8,12,15,21H,9-11H2,1-4H3,(H,18,22). The minimum absolute atomic E-state index is 0.0327. The van der Waals surface area contributed by atoms with Crippen molar-refractivity contribution >= 4 is 6.03 Å². The van der Waals surface area contributed by atoms with Gasteiger partial charge in [-0.15, -0.1) is 0 Å². The molecule has 22 heavy (non-hydrogen) atoms. The Labute approximate surface area is 131 Å². The third kappa shape index (κ3) is 5.99. The number of nitrogens with one attached hydrogen (secondary N) is 1. The first-order valence-corrected chi connectivity index (χ1v) is 7.40. The van der Waals surface area contributed by atoms with Crippen LogP contribution in [0.25, 0.3) is 0 Å². The van der Waals surface area contributed by atoms with E-state index in [1.165, 1.54) is 12.1 Å². The predicted octanol–water partition coefficient (Wildman–Crippen LogP) is 1.84. The number of aliphatic hydroxyl groups excluding tert-OH is 1. The molecule has 0 saturated carbocycles. The summed E-state index contributed by atoms with van der Waals surface area (Å²) in [5.41, 5.74) is 0.943. The maximum absolute atomic E-state index is 13.0. The van der Waals surface area contributed by atoms with Gasteiger partial charge in [0.1, 0.15) is 5.82 Å². The average Bonchev–Trinajstić information content (AvgIpc) is 2.46. The Bertz CT molecular complexity index is 463. The molecule has 0 saturated heterocycles. The van der Waals surface area contributed by atoms with Crippen LogP contribution in [0.1, 0.15) is 24.9 Å². The van der Waals surface area contributed by atoms with Crippen molar-refractivity contribution in [1.29, 1.82) is 0 Å². The maximum Gasteiger partial charge on any atom is 0.317 e. The number of carbonyl (C=O) groups is 1. The highest BCUT2D eigenvalue weighted by atomic mass is 19.1. The summed E-state index contributed by atoms with van der Waals surface area (Å²) in [6.07, 6.45) is 0.114. The first kappa shape index (κ1) is 18.4. The molecule has 124 valence electrons. The van der Waals surface area contributed by atoms with E-state index in [4.69, 9.17) is 0 Å². The number of carbonyl (C=O) groups excluding carboxylic acids is 1. The van der Waals surface area contributed by atoms with Crippen LogP contribution in [0.2, 0.25) is 0 Å². The molecular weight excluding hydrogens is 285 g/mol. The summed E-state index contributed by atoms with van der Waals surface area (Å²) in [4.78, 5) is 15.5. The smallest absolute Gasteiger partial charge is 0.317 e. The molecule has 0 radical (unpaired) electrons. The molecule has 0 heterocycles. The van der Waals surface area contributed by atoms with Crippen molar-refractivity contribution in [3.05, 3.63) is 35.6 Å². The fraction of sp³-hybridized carbons (Fsp3) is 0.562. The van der Waals surface area contributed by atoms with Gasteiger partial charge in [-0.3, -0.25) is 0 Å². The van der Waals surface area contributed by atoms with Crippen LogP contribution in [0.3, 0.4) is 0 Å².